The molecule has 1 unspecified atom stereocenters. The van der Waals surface area contributed by atoms with E-state index in [-0.39, 0.29) is 17.1 Å². The van der Waals surface area contributed by atoms with E-state index < -0.39 is 6.04 Å². The highest BCUT2D eigenvalue weighted by Gasteiger charge is 2.42. The number of amides is 1. The average molecular weight is 487 g/mol. The first kappa shape index (κ1) is 23.8. The molecule has 1 aliphatic heterocycles. The summed E-state index contributed by atoms with van der Waals surface area (Å²) in [5, 5.41) is 1.31. The Bertz CT molecular complexity index is 1250. The SMILES string of the molecule is CCc1ccc2oc3c(c(=O)c2c1)C(c1ccc(Cl)c(Cl)c1)N(CCCN(CC)CC)C3=O. The van der Waals surface area contributed by atoms with Crippen LogP contribution in [0.4, 0.5) is 0 Å². The molecular weight excluding hydrogens is 459 g/mol. The average Bonchev–Trinajstić information content (AvgIpc) is 3.10. The number of aryl methyl sites for hydroxylation is 1. The van der Waals surface area contributed by atoms with Crippen molar-refractivity contribution in [1.82, 2.24) is 9.80 Å². The zero-order valence-electron chi connectivity index (χ0n) is 19.2. The fourth-order valence-corrected chi connectivity index (χ4v) is 4.86. The fourth-order valence-electron chi connectivity index (χ4n) is 4.55. The van der Waals surface area contributed by atoms with Gasteiger partial charge in [-0.05, 0) is 67.9 Å². The van der Waals surface area contributed by atoms with Crippen molar-refractivity contribution in [3.63, 3.8) is 0 Å². The summed E-state index contributed by atoms with van der Waals surface area (Å²) in [5.74, 6) is -0.144. The zero-order valence-corrected chi connectivity index (χ0v) is 20.7. The van der Waals surface area contributed by atoms with Crippen LogP contribution in [0.2, 0.25) is 10.0 Å². The molecule has 0 saturated carbocycles. The number of rotatable bonds is 8. The summed E-state index contributed by atoms with van der Waals surface area (Å²) in [7, 11) is 0. The Kier molecular flexibility index (Phi) is 7.13. The summed E-state index contributed by atoms with van der Waals surface area (Å²) >= 11 is 12.5. The molecule has 7 heteroatoms. The van der Waals surface area contributed by atoms with Gasteiger partial charge in [-0.3, -0.25) is 9.59 Å². The summed E-state index contributed by atoms with van der Waals surface area (Å²) in [5.41, 5.74) is 2.43. The summed E-state index contributed by atoms with van der Waals surface area (Å²) in [6.45, 7) is 9.55. The number of nitrogens with zero attached hydrogens (tertiary/aromatic N) is 2. The van der Waals surface area contributed by atoms with E-state index >= 15 is 0 Å². The number of carbonyl (C=O) groups excluding carboxylic acids is 1. The maximum Gasteiger partial charge on any atom is 0.290 e. The smallest absolute Gasteiger partial charge is 0.290 e. The van der Waals surface area contributed by atoms with E-state index in [2.05, 4.69) is 18.7 Å². The minimum Gasteiger partial charge on any atom is -0.450 e. The molecule has 33 heavy (non-hydrogen) atoms. The second kappa shape index (κ2) is 9.88. The molecule has 0 saturated heterocycles. The fraction of sp³-hybridized carbons (Fsp3) is 0.385. The van der Waals surface area contributed by atoms with Gasteiger partial charge in [-0.1, -0.05) is 56.1 Å². The van der Waals surface area contributed by atoms with E-state index in [1.54, 1.807) is 23.1 Å². The molecule has 2 heterocycles. The Hall–Kier alpha value is -2.34. The topological polar surface area (TPSA) is 53.8 Å². The molecule has 174 valence electrons. The minimum absolute atomic E-state index is 0.121. The number of benzene rings is 2. The first-order valence-corrected chi connectivity index (χ1v) is 12.2. The zero-order chi connectivity index (χ0) is 23.7. The van der Waals surface area contributed by atoms with Crippen LogP contribution in [0.1, 0.15) is 60.5 Å². The van der Waals surface area contributed by atoms with Crippen LogP contribution >= 0.6 is 23.2 Å². The van der Waals surface area contributed by atoms with Gasteiger partial charge in [-0.25, -0.2) is 0 Å². The van der Waals surface area contributed by atoms with Crippen LogP contribution in [0.3, 0.4) is 0 Å². The highest BCUT2D eigenvalue weighted by atomic mass is 35.5. The molecule has 0 N–H and O–H groups in total. The lowest BCUT2D eigenvalue weighted by Gasteiger charge is -2.27. The van der Waals surface area contributed by atoms with Crippen LogP contribution in [-0.4, -0.2) is 41.9 Å². The van der Waals surface area contributed by atoms with Crippen molar-refractivity contribution in [1.29, 1.82) is 0 Å². The van der Waals surface area contributed by atoms with Gasteiger partial charge in [0.1, 0.15) is 5.58 Å². The molecule has 5 nitrogen and oxygen atoms in total. The van der Waals surface area contributed by atoms with Gasteiger partial charge in [0.2, 0.25) is 5.76 Å². The Morgan fingerprint density at radius 2 is 1.76 bits per heavy atom. The largest absolute Gasteiger partial charge is 0.450 e. The van der Waals surface area contributed by atoms with Crippen molar-refractivity contribution in [2.24, 2.45) is 0 Å². The Morgan fingerprint density at radius 3 is 2.42 bits per heavy atom. The second-order valence-electron chi connectivity index (χ2n) is 8.31. The van der Waals surface area contributed by atoms with Crippen LogP contribution < -0.4 is 5.43 Å². The molecule has 0 aliphatic carbocycles. The maximum atomic E-state index is 13.7. The van der Waals surface area contributed by atoms with Crippen molar-refractivity contribution in [3.8, 4) is 0 Å². The first-order valence-electron chi connectivity index (χ1n) is 11.5. The van der Waals surface area contributed by atoms with Gasteiger partial charge >= 0.3 is 0 Å². The standard InChI is InChI=1S/C26H28Cl2N2O3/c1-4-16-8-11-21-18(14-16)24(31)22-23(17-9-10-19(27)20(28)15-17)30(26(32)25(22)33-21)13-7-12-29(5-2)6-3/h8-11,14-15,23H,4-7,12-13H2,1-3H3. The lowest BCUT2D eigenvalue weighted by molar-refractivity contribution is 0.0720. The highest BCUT2D eigenvalue weighted by molar-refractivity contribution is 6.42. The van der Waals surface area contributed by atoms with Crippen molar-refractivity contribution < 1.29 is 9.21 Å². The second-order valence-corrected chi connectivity index (χ2v) is 9.13. The van der Waals surface area contributed by atoms with Gasteiger partial charge in [0, 0.05) is 6.54 Å². The van der Waals surface area contributed by atoms with Crippen LogP contribution in [-0.2, 0) is 6.42 Å². The van der Waals surface area contributed by atoms with Crippen LogP contribution in [0.15, 0.2) is 45.6 Å². The molecule has 4 rings (SSSR count). The van der Waals surface area contributed by atoms with E-state index in [0.717, 1.165) is 43.6 Å². The highest BCUT2D eigenvalue weighted by Crippen LogP contribution is 2.40. The van der Waals surface area contributed by atoms with E-state index in [4.69, 9.17) is 27.6 Å². The Labute approximate surface area is 203 Å². The molecule has 0 radical (unpaired) electrons. The lowest BCUT2D eigenvalue weighted by atomic mass is 9.98. The van der Waals surface area contributed by atoms with E-state index in [1.807, 2.05) is 25.1 Å². The number of hydrogen-bond donors (Lipinski definition) is 0. The number of hydrogen-bond acceptors (Lipinski definition) is 4. The van der Waals surface area contributed by atoms with Gasteiger partial charge in [0.15, 0.2) is 5.43 Å². The third kappa shape index (κ3) is 4.42. The van der Waals surface area contributed by atoms with Crippen LogP contribution in [0.5, 0.6) is 0 Å². The van der Waals surface area contributed by atoms with Gasteiger partial charge in [0.05, 0.1) is 27.0 Å². The maximum absolute atomic E-state index is 13.7. The van der Waals surface area contributed by atoms with Gasteiger partial charge in [-0.2, -0.15) is 0 Å². The molecule has 0 bridgehead atoms. The summed E-state index contributed by atoms with van der Waals surface area (Å²) in [4.78, 5) is 31.2. The van der Waals surface area contributed by atoms with Crippen LogP contribution in [0, 0.1) is 0 Å². The Balaban J connectivity index is 1.83. The third-order valence-electron chi connectivity index (χ3n) is 6.47. The molecule has 1 aliphatic rings. The molecule has 1 amide bonds. The molecule has 3 aromatic rings. The molecule has 2 aromatic carbocycles. The van der Waals surface area contributed by atoms with Gasteiger partial charge in [-0.15, -0.1) is 0 Å². The predicted molar refractivity (Wildman–Crippen MR) is 134 cm³/mol. The molecule has 0 fully saturated rings. The van der Waals surface area contributed by atoms with E-state index in [1.165, 1.54) is 0 Å². The summed E-state index contributed by atoms with van der Waals surface area (Å²) in [6.07, 6.45) is 1.59. The molecule has 1 atom stereocenters. The quantitative estimate of drug-likeness (QED) is 0.395. The first-order chi connectivity index (χ1) is 15.9. The number of fused-ring (bicyclic) bond motifs is 2. The van der Waals surface area contributed by atoms with Crippen molar-refractivity contribution in [2.75, 3.05) is 26.2 Å². The number of halogens is 2. The molecule has 0 spiro atoms. The lowest BCUT2D eigenvalue weighted by Crippen LogP contribution is -2.33. The minimum atomic E-state index is -0.565. The normalized spacial score (nSPS) is 15.6. The molecular formula is C26H28Cl2N2O3. The van der Waals surface area contributed by atoms with Gasteiger partial charge < -0.3 is 14.2 Å². The van der Waals surface area contributed by atoms with E-state index in [9.17, 15) is 9.59 Å². The molecule has 1 aromatic heterocycles. The van der Waals surface area contributed by atoms with Crippen molar-refractivity contribution in [2.45, 2.75) is 39.7 Å². The predicted octanol–water partition coefficient (Wildman–Crippen LogP) is 5.94. The van der Waals surface area contributed by atoms with Crippen LogP contribution in [0.25, 0.3) is 11.0 Å². The van der Waals surface area contributed by atoms with Crippen molar-refractivity contribution in [3.05, 3.63) is 79.1 Å². The van der Waals surface area contributed by atoms with Crippen molar-refractivity contribution >= 4 is 40.1 Å². The monoisotopic (exact) mass is 486 g/mol. The Morgan fingerprint density at radius 1 is 1.00 bits per heavy atom. The summed E-state index contributed by atoms with van der Waals surface area (Å²) < 4.78 is 6.04. The third-order valence-corrected chi connectivity index (χ3v) is 7.20. The van der Waals surface area contributed by atoms with Gasteiger partial charge in [0.25, 0.3) is 5.91 Å². The van der Waals surface area contributed by atoms with E-state index in [0.29, 0.717) is 33.1 Å². The number of carbonyl (C=O) groups is 1. The summed E-state index contributed by atoms with van der Waals surface area (Å²) in [6, 6.07) is 10.3.